The third-order valence-electron chi connectivity index (χ3n) is 3.94. The summed E-state index contributed by atoms with van der Waals surface area (Å²) in [7, 11) is 0. The van der Waals surface area contributed by atoms with Crippen LogP contribution in [0.3, 0.4) is 0 Å². The number of aromatic nitrogens is 1. The number of hydrogen-bond acceptors (Lipinski definition) is 4. The highest BCUT2D eigenvalue weighted by Gasteiger charge is 2.21. The normalized spacial score (nSPS) is 15.2. The lowest BCUT2D eigenvalue weighted by Gasteiger charge is -2.28. The van der Waals surface area contributed by atoms with Gasteiger partial charge in [-0.15, -0.1) is 0 Å². The molecule has 1 aromatic carbocycles. The van der Waals surface area contributed by atoms with Crippen LogP contribution in [0, 0.1) is 5.92 Å². The van der Waals surface area contributed by atoms with Gasteiger partial charge in [-0.2, -0.15) is 0 Å². The number of fused-ring (bicyclic) bond motifs is 1. The van der Waals surface area contributed by atoms with E-state index in [9.17, 15) is 4.79 Å². The molecule has 1 fully saturated rings. The van der Waals surface area contributed by atoms with Gasteiger partial charge in [0.15, 0.2) is 0 Å². The molecule has 1 aliphatic heterocycles. The number of hydrogen-bond donors (Lipinski definition) is 1. The smallest absolute Gasteiger partial charge is 0.254 e. The Morgan fingerprint density at radius 1 is 1.30 bits per heavy atom. The van der Waals surface area contributed by atoms with Gasteiger partial charge in [-0.3, -0.25) is 9.78 Å². The highest BCUT2D eigenvalue weighted by molar-refractivity contribution is 6.07. The first-order valence-electron chi connectivity index (χ1n) is 8.17. The van der Waals surface area contributed by atoms with Crippen LogP contribution in [0.1, 0.15) is 24.2 Å². The van der Waals surface area contributed by atoms with Crippen molar-refractivity contribution >= 4 is 16.8 Å². The van der Waals surface area contributed by atoms with Crippen LogP contribution in [0.2, 0.25) is 0 Å². The van der Waals surface area contributed by atoms with Crippen LogP contribution >= 0.6 is 0 Å². The fourth-order valence-electron chi connectivity index (χ4n) is 2.74. The number of amides is 1. The first-order chi connectivity index (χ1) is 11.2. The molecule has 5 heteroatoms. The van der Waals surface area contributed by atoms with E-state index >= 15 is 0 Å². The third kappa shape index (κ3) is 3.45. The van der Waals surface area contributed by atoms with Crippen LogP contribution in [-0.4, -0.2) is 48.6 Å². The standard InChI is InChI=1S/C18H23N3O2/c1-13(2)12-23-16-6-5-15(14-4-3-7-20-17(14)16)18(22)21-10-8-19-9-11-21/h3-7,13,19H,8-12H2,1-2H3. The quantitative estimate of drug-likeness (QED) is 0.941. The van der Waals surface area contributed by atoms with E-state index in [0.717, 1.165) is 42.8 Å². The molecule has 1 amide bonds. The molecule has 0 unspecified atom stereocenters. The van der Waals surface area contributed by atoms with Crippen molar-refractivity contribution in [1.29, 1.82) is 0 Å². The van der Waals surface area contributed by atoms with E-state index in [1.165, 1.54) is 0 Å². The van der Waals surface area contributed by atoms with E-state index in [-0.39, 0.29) is 5.91 Å². The van der Waals surface area contributed by atoms with Gasteiger partial charge in [-0.25, -0.2) is 0 Å². The molecule has 1 N–H and O–H groups in total. The van der Waals surface area contributed by atoms with Crippen molar-refractivity contribution in [3.05, 3.63) is 36.0 Å². The van der Waals surface area contributed by atoms with Gasteiger partial charge in [-0.05, 0) is 24.1 Å². The minimum atomic E-state index is 0.0694. The maximum absolute atomic E-state index is 12.8. The summed E-state index contributed by atoms with van der Waals surface area (Å²) in [6, 6.07) is 7.54. The summed E-state index contributed by atoms with van der Waals surface area (Å²) in [5.74, 6) is 1.25. The zero-order chi connectivity index (χ0) is 16.2. The Hall–Kier alpha value is -2.14. The van der Waals surface area contributed by atoms with Gasteiger partial charge in [0, 0.05) is 43.3 Å². The van der Waals surface area contributed by atoms with Crippen molar-refractivity contribution in [3.8, 4) is 5.75 Å². The molecule has 122 valence electrons. The van der Waals surface area contributed by atoms with Gasteiger partial charge in [-0.1, -0.05) is 19.9 Å². The molecule has 0 aliphatic carbocycles. The number of rotatable bonds is 4. The molecule has 0 spiro atoms. The summed E-state index contributed by atoms with van der Waals surface area (Å²) in [6.07, 6.45) is 1.74. The molecular formula is C18H23N3O2. The van der Waals surface area contributed by atoms with Gasteiger partial charge in [0.2, 0.25) is 0 Å². The minimum absolute atomic E-state index is 0.0694. The zero-order valence-corrected chi connectivity index (χ0v) is 13.7. The number of nitrogens with one attached hydrogen (secondary N) is 1. The summed E-state index contributed by atoms with van der Waals surface area (Å²) >= 11 is 0. The summed E-state index contributed by atoms with van der Waals surface area (Å²) in [5, 5.41) is 4.13. The maximum Gasteiger partial charge on any atom is 0.254 e. The van der Waals surface area contributed by atoms with Crippen LogP contribution in [0.15, 0.2) is 30.5 Å². The molecule has 2 aromatic rings. The highest BCUT2D eigenvalue weighted by Crippen LogP contribution is 2.28. The lowest BCUT2D eigenvalue weighted by atomic mass is 10.1. The van der Waals surface area contributed by atoms with Crippen molar-refractivity contribution in [2.75, 3.05) is 32.8 Å². The Kier molecular flexibility index (Phi) is 4.76. The average molecular weight is 313 g/mol. The molecule has 0 radical (unpaired) electrons. The van der Waals surface area contributed by atoms with Crippen LogP contribution in [0.4, 0.5) is 0 Å². The summed E-state index contributed by atoms with van der Waals surface area (Å²) in [4.78, 5) is 19.2. The van der Waals surface area contributed by atoms with E-state index < -0.39 is 0 Å². The van der Waals surface area contributed by atoms with E-state index in [1.807, 2.05) is 29.2 Å². The lowest BCUT2D eigenvalue weighted by Crippen LogP contribution is -2.46. The average Bonchev–Trinajstić information content (AvgIpc) is 2.59. The van der Waals surface area contributed by atoms with Crippen molar-refractivity contribution in [3.63, 3.8) is 0 Å². The molecule has 5 nitrogen and oxygen atoms in total. The Balaban J connectivity index is 1.95. The summed E-state index contributed by atoms with van der Waals surface area (Å²) in [5.41, 5.74) is 1.46. The SMILES string of the molecule is CC(C)COc1ccc(C(=O)N2CCNCC2)c2cccnc12. The van der Waals surface area contributed by atoms with Crippen LogP contribution in [0.5, 0.6) is 5.75 Å². The van der Waals surface area contributed by atoms with Crippen molar-refractivity contribution < 1.29 is 9.53 Å². The minimum Gasteiger partial charge on any atom is -0.491 e. The van der Waals surface area contributed by atoms with E-state index in [1.54, 1.807) is 6.20 Å². The highest BCUT2D eigenvalue weighted by atomic mass is 16.5. The van der Waals surface area contributed by atoms with Crippen molar-refractivity contribution in [2.24, 2.45) is 5.92 Å². The molecule has 3 rings (SSSR count). The zero-order valence-electron chi connectivity index (χ0n) is 13.7. The molecule has 1 saturated heterocycles. The maximum atomic E-state index is 12.8. The van der Waals surface area contributed by atoms with E-state index in [2.05, 4.69) is 24.1 Å². The second-order valence-corrected chi connectivity index (χ2v) is 6.26. The molecule has 1 aromatic heterocycles. The Morgan fingerprint density at radius 2 is 2.09 bits per heavy atom. The number of benzene rings is 1. The number of carbonyl (C=O) groups is 1. The first kappa shape index (κ1) is 15.7. The van der Waals surface area contributed by atoms with Gasteiger partial charge in [0.25, 0.3) is 5.91 Å². The number of nitrogens with zero attached hydrogens (tertiary/aromatic N) is 2. The molecule has 23 heavy (non-hydrogen) atoms. The molecular weight excluding hydrogens is 290 g/mol. The molecule has 2 heterocycles. The number of pyridine rings is 1. The van der Waals surface area contributed by atoms with Crippen molar-refractivity contribution in [2.45, 2.75) is 13.8 Å². The fourth-order valence-corrected chi connectivity index (χ4v) is 2.74. The van der Waals surface area contributed by atoms with Gasteiger partial charge < -0.3 is 15.0 Å². The topological polar surface area (TPSA) is 54.5 Å². The Morgan fingerprint density at radius 3 is 2.83 bits per heavy atom. The molecule has 0 bridgehead atoms. The molecule has 0 atom stereocenters. The molecule has 0 saturated carbocycles. The summed E-state index contributed by atoms with van der Waals surface area (Å²) in [6.45, 7) is 8.03. The van der Waals surface area contributed by atoms with Gasteiger partial charge in [0.05, 0.1) is 6.61 Å². The molecule has 1 aliphatic rings. The lowest BCUT2D eigenvalue weighted by molar-refractivity contribution is 0.0738. The Labute approximate surface area is 136 Å². The van der Waals surface area contributed by atoms with Crippen LogP contribution < -0.4 is 10.1 Å². The second kappa shape index (κ2) is 6.96. The third-order valence-corrected chi connectivity index (χ3v) is 3.94. The number of carbonyl (C=O) groups excluding carboxylic acids is 1. The second-order valence-electron chi connectivity index (χ2n) is 6.26. The van der Waals surface area contributed by atoms with E-state index in [4.69, 9.17) is 4.74 Å². The van der Waals surface area contributed by atoms with Gasteiger partial charge in [0.1, 0.15) is 11.3 Å². The van der Waals surface area contributed by atoms with Gasteiger partial charge >= 0.3 is 0 Å². The Bertz CT molecular complexity index is 694. The summed E-state index contributed by atoms with van der Waals surface area (Å²) < 4.78 is 5.86. The monoisotopic (exact) mass is 313 g/mol. The van der Waals surface area contributed by atoms with Crippen molar-refractivity contribution in [1.82, 2.24) is 15.2 Å². The fraction of sp³-hybridized carbons (Fsp3) is 0.444. The predicted octanol–water partition coefficient (Wildman–Crippen LogP) is 2.32. The van der Waals surface area contributed by atoms with Crippen LogP contribution in [-0.2, 0) is 0 Å². The first-order valence-corrected chi connectivity index (χ1v) is 8.17. The predicted molar refractivity (Wildman–Crippen MR) is 90.8 cm³/mol. The van der Waals surface area contributed by atoms with Crippen LogP contribution in [0.25, 0.3) is 10.9 Å². The number of piperazine rings is 1. The largest absolute Gasteiger partial charge is 0.491 e. The number of ether oxygens (including phenoxy) is 1. The van der Waals surface area contributed by atoms with E-state index in [0.29, 0.717) is 18.1 Å².